The van der Waals surface area contributed by atoms with E-state index in [0.717, 1.165) is 46.6 Å². The number of hydrogen-bond acceptors (Lipinski definition) is 4. The molecule has 0 spiro atoms. The fraction of sp³-hybridized carbons (Fsp3) is 0.143. The molecule has 0 amide bonds. The van der Waals surface area contributed by atoms with Crippen LogP contribution in [0.1, 0.15) is 34.7 Å². The monoisotopic (exact) mass is 484 g/mol. The lowest BCUT2D eigenvalue weighted by Crippen LogP contribution is -2.38. The molecule has 0 radical (unpaired) electrons. The number of benzene rings is 3. The van der Waals surface area contributed by atoms with Crippen LogP contribution >= 0.6 is 22.9 Å². The molecule has 1 aromatic heterocycles. The summed E-state index contributed by atoms with van der Waals surface area (Å²) in [6.45, 7) is 0. The first kappa shape index (κ1) is 21.1. The summed E-state index contributed by atoms with van der Waals surface area (Å²) in [7, 11) is 1.64. The van der Waals surface area contributed by atoms with Gasteiger partial charge < -0.3 is 4.74 Å². The van der Waals surface area contributed by atoms with Crippen LogP contribution in [0.5, 0.6) is 5.75 Å². The van der Waals surface area contributed by atoms with E-state index < -0.39 is 0 Å². The molecule has 2 aliphatic rings. The molecule has 2 heterocycles. The van der Waals surface area contributed by atoms with E-state index in [9.17, 15) is 4.79 Å². The van der Waals surface area contributed by atoms with Crippen LogP contribution in [0, 0.1) is 0 Å². The molecular formula is C28H21ClN2O2S. The van der Waals surface area contributed by atoms with Crippen molar-refractivity contribution in [2.24, 2.45) is 4.99 Å². The van der Waals surface area contributed by atoms with Crippen molar-refractivity contribution in [3.8, 4) is 5.75 Å². The predicted octanol–water partition coefficient (Wildman–Crippen LogP) is 4.98. The van der Waals surface area contributed by atoms with Crippen LogP contribution < -0.4 is 19.6 Å². The fourth-order valence-corrected chi connectivity index (χ4v) is 6.15. The molecule has 0 fully saturated rings. The Kier molecular flexibility index (Phi) is 5.24. The number of thiazole rings is 1. The first-order valence-corrected chi connectivity index (χ1v) is 12.4. The van der Waals surface area contributed by atoms with Crippen molar-refractivity contribution in [1.29, 1.82) is 0 Å². The molecule has 6 rings (SSSR count). The second-order valence-electron chi connectivity index (χ2n) is 8.38. The predicted molar refractivity (Wildman–Crippen MR) is 137 cm³/mol. The maximum absolute atomic E-state index is 13.8. The van der Waals surface area contributed by atoms with Gasteiger partial charge in [0.1, 0.15) is 5.75 Å². The van der Waals surface area contributed by atoms with Gasteiger partial charge in [0.25, 0.3) is 5.56 Å². The minimum atomic E-state index is -0.284. The minimum Gasteiger partial charge on any atom is -0.496 e. The van der Waals surface area contributed by atoms with E-state index in [-0.39, 0.29) is 11.6 Å². The Morgan fingerprint density at radius 3 is 2.65 bits per heavy atom. The summed E-state index contributed by atoms with van der Waals surface area (Å²) in [4.78, 5) is 19.5. The van der Waals surface area contributed by atoms with Crippen molar-refractivity contribution in [3.05, 3.63) is 125 Å². The summed E-state index contributed by atoms with van der Waals surface area (Å²) in [5.41, 5.74) is 6.26. The molecule has 1 aliphatic carbocycles. The molecule has 6 heteroatoms. The van der Waals surface area contributed by atoms with Crippen molar-refractivity contribution in [1.82, 2.24) is 4.57 Å². The molecule has 4 nitrogen and oxygen atoms in total. The molecular weight excluding hydrogens is 464 g/mol. The minimum absolute atomic E-state index is 0.0648. The average molecular weight is 485 g/mol. The molecule has 1 aliphatic heterocycles. The van der Waals surface area contributed by atoms with Gasteiger partial charge in [0.15, 0.2) is 4.80 Å². The average Bonchev–Trinajstić information content (AvgIpc) is 3.18. The highest BCUT2D eigenvalue weighted by Crippen LogP contribution is 2.42. The van der Waals surface area contributed by atoms with Crippen LogP contribution in [-0.2, 0) is 6.42 Å². The maximum Gasteiger partial charge on any atom is 0.271 e. The van der Waals surface area contributed by atoms with E-state index in [2.05, 4.69) is 18.2 Å². The quantitative estimate of drug-likeness (QED) is 0.411. The van der Waals surface area contributed by atoms with Gasteiger partial charge in [-0.2, -0.15) is 0 Å². The first-order chi connectivity index (χ1) is 16.7. The van der Waals surface area contributed by atoms with Gasteiger partial charge in [-0.15, -0.1) is 0 Å². The number of fused-ring (bicyclic) bond motifs is 3. The summed E-state index contributed by atoms with van der Waals surface area (Å²) in [5, 5.41) is 0.652. The van der Waals surface area contributed by atoms with Gasteiger partial charge in [-0.1, -0.05) is 83.6 Å². The van der Waals surface area contributed by atoms with Crippen LogP contribution in [0.25, 0.3) is 11.8 Å². The Balaban J connectivity index is 1.65. The Labute approximate surface area is 205 Å². The van der Waals surface area contributed by atoms with E-state index in [0.29, 0.717) is 14.4 Å². The number of aromatic nitrogens is 1. The van der Waals surface area contributed by atoms with Gasteiger partial charge in [0.2, 0.25) is 0 Å². The van der Waals surface area contributed by atoms with Crippen molar-refractivity contribution in [2.75, 3.05) is 7.11 Å². The van der Waals surface area contributed by atoms with Crippen molar-refractivity contribution in [3.63, 3.8) is 0 Å². The van der Waals surface area contributed by atoms with E-state index in [1.54, 1.807) is 7.11 Å². The van der Waals surface area contributed by atoms with Crippen LogP contribution in [0.2, 0.25) is 5.02 Å². The SMILES string of the molecule is COc1ccccc1C=c1sc2n(c1=O)[C@@H](c1ccccc1Cl)C1=C(N=2)c2ccccc2CC1. The molecule has 168 valence electrons. The third-order valence-electron chi connectivity index (χ3n) is 6.50. The number of nitrogens with zero attached hydrogens (tertiary/aromatic N) is 2. The van der Waals surface area contributed by atoms with E-state index in [1.165, 1.54) is 16.9 Å². The van der Waals surface area contributed by atoms with Gasteiger partial charge >= 0.3 is 0 Å². The molecule has 3 aromatic carbocycles. The number of methoxy groups -OCH3 is 1. The standard InChI is InChI=1S/C28H21ClN2O2S/c1-33-23-13-7-3-9-18(23)16-24-27(32)31-26(20-11-5-6-12-22(20)29)21-15-14-17-8-2-4-10-19(17)25(21)30-28(31)34-24/h2-13,16,26H,14-15H2,1H3/t26-/m0/s1. The third kappa shape index (κ3) is 3.35. The third-order valence-corrected chi connectivity index (χ3v) is 7.83. The Hall–Kier alpha value is -3.41. The Bertz CT molecular complexity index is 1650. The number of ether oxygens (including phenoxy) is 1. The summed E-state index contributed by atoms with van der Waals surface area (Å²) in [6, 6.07) is 23.6. The second kappa shape index (κ2) is 8.42. The molecule has 0 unspecified atom stereocenters. The summed E-state index contributed by atoms with van der Waals surface area (Å²) in [5.74, 6) is 0.726. The van der Waals surface area contributed by atoms with E-state index >= 15 is 0 Å². The van der Waals surface area contributed by atoms with E-state index in [4.69, 9.17) is 21.3 Å². The molecule has 1 atom stereocenters. The van der Waals surface area contributed by atoms with Crippen molar-refractivity contribution >= 4 is 34.7 Å². The van der Waals surface area contributed by atoms with Gasteiger partial charge in [-0.25, -0.2) is 4.99 Å². The Morgan fingerprint density at radius 2 is 1.79 bits per heavy atom. The highest BCUT2D eigenvalue weighted by Gasteiger charge is 2.33. The molecule has 4 aromatic rings. The van der Waals surface area contributed by atoms with Gasteiger partial charge in [0, 0.05) is 16.1 Å². The number of allylic oxidation sites excluding steroid dienone is 1. The lowest BCUT2D eigenvalue weighted by molar-refractivity contribution is 0.414. The smallest absolute Gasteiger partial charge is 0.271 e. The van der Waals surface area contributed by atoms with Gasteiger partial charge in [-0.05, 0) is 47.8 Å². The molecule has 0 N–H and O–H groups in total. The van der Waals surface area contributed by atoms with Crippen LogP contribution in [0.4, 0.5) is 0 Å². The molecule has 34 heavy (non-hydrogen) atoms. The zero-order valence-corrected chi connectivity index (χ0v) is 20.1. The number of halogens is 1. The topological polar surface area (TPSA) is 43.6 Å². The first-order valence-electron chi connectivity index (χ1n) is 11.2. The highest BCUT2D eigenvalue weighted by atomic mass is 35.5. The molecule has 0 saturated heterocycles. The summed E-state index contributed by atoms with van der Waals surface area (Å²) < 4.78 is 7.94. The zero-order chi connectivity index (χ0) is 23.2. The summed E-state index contributed by atoms with van der Waals surface area (Å²) in [6.07, 6.45) is 3.64. The lowest BCUT2D eigenvalue weighted by Gasteiger charge is -2.31. The van der Waals surface area contributed by atoms with E-state index in [1.807, 2.05) is 65.2 Å². The van der Waals surface area contributed by atoms with Crippen LogP contribution in [0.3, 0.4) is 0 Å². The van der Waals surface area contributed by atoms with Crippen molar-refractivity contribution in [2.45, 2.75) is 18.9 Å². The lowest BCUT2D eigenvalue weighted by atomic mass is 9.83. The zero-order valence-electron chi connectivity index (χ0n) is 18.5. The molecule has 0 saturated carbocycles. The second-order valence-corrected chi connectivity index (χ2v) is 9.79. The van der Waals surface area contributed by atoms with Gasteiger partial charge in [-0.3, -0.25) is 9.36 Å². The maximum atomic E-state index is 13.8. The van der Waals surface area contributed by atoms with Gasteiger partial charge in [0.05, 0.1) is 23.4 Å². The highest BCUT2D eigenvalue weighted by molar-refractivity contribution is 7.07. The normalized spacial score (nSPS) is 17.0. The number of rotatable bonds is 3. The fourth-order valence-electron chi connectivity index (χ4n) is 4.92. The number of hydrogen-bond donors (Lipinski definition) is 0. The summed E-state index contributed by atoms with van der Waals surface area (Å²) >= 11 is 8.10. The largest absolute Gasteiger partial charge is 0.496 e. The van der Waals surface area contributed by atoms with Crippen molar-refractivity contribution < 1.29 is 4.74 Å². The van der Waals surface area contributed by atoms with Crippen LogP contribution in [-0.4, -0.2) is 11.7 Å². The molecule has 0 bridgehead atoms. The number of para-hydroxylation sites is 1. The Morgan fingerprint density at radius 1 is 1.03 bits per heavy atom. The van der Waals surface area contributed by atoms with Crippen LogP contribution in [0.15, 0.2) is 88.2 Å². The number of aryl methyl sites for hydroxylation is 1.